The Balaban J connectivity index is 0.00000363. The molecular formula is C24H33IN4O2S. The van der Waals surface area contributed by atoms with Crippen LogP contribution in [0, 0.1) is 0 Å². The number of nitrogens with zero attached hydrogens (tertiary/aromatic N) is 3. The molecule has 1 N–H and O–H groups in total. The van der Waals surface area contributed by atoms with Crippen molar-refractivity contribution in [1.82, 2.24) is 15.1 Å². The molecule has 1 aliphatic heterocycles. The Labute approximate surface area is 209 Å². The van der Waals surface area contributed by atoms with Crippen molar-refractivity contribution in [3.8, 4) is 0 Å². The summed E-state index contributed by atoms with van der Waals surface area (Å²) in [6.07, 6.45) is 6.45. The standard InChI is InChI=1S/C24H32N4O2S.HI/c1-25-24(26-15-14-22-10-12-23(13-11-22)31(2,29)30)28-19-17-27(18-20-28)16-6-9-21-7-4-3-5-8-21;/h3-13H,14-20H2,1-2H3,(H,25,26);1H/b9-6+;. The molecule has 3 rings (SSSR count). The molecule has 32 heavy (non-hydrogen) atoms. The zero-order chi connectivity index (χ0) is 22.1. The molecule has 0 aliphatic carbocycles. The Morgan fingerprint density at radius 2 is 1.69 bits per heavy atom. The molecule has 1 aliphatic rings. The van der Waals surface area contributed by atoms with Crippen LogP contribution in [-0.2, 0) is 16.3 Å². The lowest BCUT2D eigenvalue weighted by Crippen LogP contribution is -2.52. The van der Waals surface area contributed by atoms with Crippen LogP contribution in [-0.4, -0.2) is 76.7 Å². The number of sulfone groups is 1. The first-order valence-electron chi connectivity index (χ1n) is 10.6. The Morgan fingerprint density at radius 3 is 2.28 bits per heavy atom. The van der Waals surface area contributed by atoms with Crippen LogP contribution in [0.3, 0.4) is 0 Å². The van der Waals surface area contributed by atoms with E-state index in [9.17, 15) is 8.42 Å². The van der Waals surface area contributed by atoms with E-state index in [1.807, 2.05) is 25.2 Å². The largest absolute Gasteiger partial charge is 0.356 e. The number of benzene rings is 2. The van der Waals surface area contributed by atoms with Gasteiger partial charge in [-0.1, -0.05) is 54.6 Å². The number of rotatable bonds is 7. The lowest BCUT2D eigenvalue weighted by atomic mass is 10.1. The monoisotopic (exact) mass is 568 g/mol. The fraction of sp³-hybridized carbons (Fsp3) is 0.375. The minimum atomic E-state index is -3.15. The fourth-order valence-corrected chi connectivity index (χ4v) is 4.23. The molecular weight excluding hydrogens is 535 g/mol. The van der Waals surface area contributed by atoms with E-state index in [0.29, 0.717) is 4.90 Å². The summed E-state index contributed by atoms with van der Waals surface area (Å²) in [5, 5.41) is 3.44. The summed E-state index contributed by atoms with van der Waals surface area (Å²) in [6, 6.07) is 17.5. The van der Waals surface area contributed by atoms with E-state index in [2.05, 4.69) is 56.5 Å². The lowest BCUT2D eigenvalue weighted by molar-refractivity contribution is 0.194. The Bertz CT molecular complexity index is 984. The molecule has 1 heterocycles. The van der Waals surface area contributed by atoms with Gasteiger partial charge in [0.1, 0.15) is 0 Å². The Morgan fingerprint density at radius 1 is 1.03 bits per heavy atom. The van der Waals surface area contributed by atoms with Crippen LogP contribution < -0.4 is 5.32 Å². The van der Waals surface area contributed by atoms with E-state index >= 15 is 0 Å². The van der Waals surface area contributed by atoms with Crippen LogP contribution in [0.4, 0.5) is 0 Å². The predicted octanol–water partition coefficient (Wildman–Crippen LogP) is 3.16. The van der Waals surface area contributed by atoms with Gasteiger partial charge in [0, 0.05) is 52.6 Å². The number of hydrogen-bond acceptors (Lipinski definition) is 4. The molecule has 6 nitrogen and oxygen atoms in total. The molecule has 0 amide bonds. The summed E-state index contributed by atoms with van der Waals surface area (Å²) in [7, 11) is -1.33. The van der Waals surface area contributed by atoms with Crippen molar-refractivity contribution in [2.45, 2.75) is 11.3 Å². The van der Waals surface area contributed by atoms with Gasteiger partial charge in [0.2, 0.25) is 0 Å². The van der Waals surface area contributed by atoms with Gasteiger partial charge in [0.05, 0.1) is 4.90 Å². The Hall–Kier alpha value is -1.91. The number of piperazine rings is 1. The second-order valence-electron chi connectivity index (χ2n) is 7.74. The second kappa shape index (κ2) is 13.0. The third-order valence-corrected chi connectivity index (χ3v) is 6.53. The van der Waals surface area contributed by atoms with Crippen molar-refractivity contribution in [3.63, 3.8) is 0 Å². The van der Waals surface area contributed by atoms with Crippen molar-refractivity contribution in [2.24, 2.45) is 4.99 Å². The maximum absolute atomic E-state index is 11.6. The number of hydrogen-bond donors (Lipinski definition) is 1. The van der Waals surface area contributed by atoms with Gasteiger partial charge in [-0.3, -0.25) is 9.89 Å². The van der Waals surface area contributed by atoms with Gasteiger partial charge in [-0.15, -0.1) is 24.0 Å². The summed E-state index contributed by atoms with van der Waals surface area (Å²) >= 11 is 0. The molecule has 0 unspecified atom stereocenters. The van der Waals surface area contributed by atoms with Crippen LogP contribution in [0.1, 0.15) is 11.1 Å². The third kappa shape index (κ3) is 8.22. The zero-order valence-electron chi connectivity index (χ0n) is 18.8. The molecule has 8 heteroatoms. The number of nitrogens with one attached hydrogen (secondary N) is 1. The van der Waals surface area contributed by atoms with Crippen LogP contribution in [0.5, 0.6) is 0 Å². The van der Waals surface area contributed by atoms with Gasteiger partial charge in [0.25, 0.3) is 0 Å². The van der Waals surface area contributed by atoms with Crippen molar-refractivity contribution in [2.75, 3.05) is 52.6 Å². The highest BCUT2D eigenvalue weighted by molar-refractivity contribution is 14.0. The molecule has 174 valence electrons. The van der Waals surface area contributed by atoms with E-state index in [-0.39, 0.29) is 24.0 Å². The van der Waals surface area contributed by atoms with E-state index < -0.39 is 9.84 Å². The zero-order valence-corrected chi connectivity index (χ0v) is 21.9. The van der Waals surface area contributed by atoms with E-state index in [4.69, 9.17) is 0 Å². The summed E-state index contributed by atoms with van der Waals surface area (Å²) in [4.78, 5) is 9.54. The van der Waals surface area contributed by atoms with Gasteiger partial charge in [0.15, 0.2) is 15.8 Å². The minimum Gasteiger partial charge on any atom is -0.356 e. The normalized spacial score (nSPS) is 15.6. The molecule has 1 saturated heterocycles. The first-order valence-corrected chi connectivity index (χ1v) is 12.5. The first-order chi connectivity index (χ1) is 15.0. The van der Waals surface area contributed by atoms with Crippen LogP contribution >= 0.6 is 24.0 Å². The molecule has 2 aromatic carbocycles. The number of aliphatic imine (C=N–C) groups is 1. The summed E-state index contributed by atoms with van der Waals surface area (Å²) in [5.41, 5.74) is 2.34. The molecule has 1 fully saturated rings. The fourth-order valence-electron chi connectivity index (χ4n) is 3.60. The summed E-state index contributed by atoms with van der Waals surface area (Å²) in [5.74, 6) is 0.923. The van der Waals surface area contributed by atoms with Crippen LogP contribution in [0.25, 0.3) is 6.08 Å². The molecule has 0 spiro atoms. The molecule has 0 saturated carbocycles. The van der Waals surface area contributed by atoms with Crippen molar-refractivity contribution >= 4 is 45.8 Å². The van der Waals surface area contributed by atoms with Gasteiger partial charge in [-0.05, 0) is 29.7 Å². The number of halogens is 1. The minimum absolute atomic E-state index is 0. The summed E-state index contributed by atoms with van der Waals surface area (Å²) in [6.45, 7) is 5.62. The van der Waals surface area contributed by atoms with E-state index in [1.165, 1.54) is 11.8 Å². The van der Waals surface area contributed by atoms with Crippen molar-refractivity contribution in [3.05, 3.63) is 71.8 Å². The second-order valence-corrected chi connectivity index (χ2v) is 9.76. The smallest absolute Gasteiger partial charge is 0.193 e. The predicted molar refractivity (Wildman–Crippen MR) is 144 cm³/mol. The van der Waals surface area contributed by atoms with Crippen LogP contribution in [0.15, 0.2) is 70.6 Å². The highest BCUT2D eigenvalue weighted by Crippen LogP contribution is 2.11. The average molecular weight is 569 g/mol. The van der Waals surface area contributed by atoms with Gasteiger partial charge >= 0.3 is 0 Å². The highest BCUT2D eigenvalue weighted by Gasteiger charge is 2.18. The maximum atomic E-state index is 11.6. The molecule has 0 radical (unpaired) electrons. The lowest BCUT2D eigenvalue weighted by Gasteiger charge is -2.36. The highest BCUT2D eigenvalue weighted by atomic mass is 127. The number of guanidine groups is 1. The molecule has 2 aromatic rings. The van der Waals surface area contributed by atoms with E-state index in [0.717, 1.165) is 57.2 Å². The molecule has 0 bridgehead atoms. The maximum Gasteiger partial charge on any atom is 0.193 e. The van der Waals surface area contributed by atoms with Crippen molar-refractivity contribution < 1.29 is 8.42 Å². The van der Waals surface area contributed by atoms with Gasteiger partial charge in [-0.2, -0.15) is 0 Å². The average Bonchev–Trinajstić information content (AvgIpc) is 2.78. The third-order valence-electron chi connectivity index (χ3n) is 5.41. The van der Waals surface area contributed by atoms with E-state index in [1.54, 1.807) is 12.1 Å². The topological polar surface area (TPSA) is 65.0 Å². The van der Waals surface area contributed by atoms with Gasteiger partial charge < -0.3 is 10.2 Å². The first kappa shape index (κ1) is 26.3. The molecule has 0 aromatic heterocycles. The van der Waals surface area contributed by atoms with Gasteiger partial charge in [-0.25, -0.2) is 8.42 Å². The Kier molecular flexibility index (Phi) is 10.7. The molecule has 0 atom stereocenters. The quantitative estimate of drug-likeness (QED) is 0.316. The SMILES string of the molecule is CN=C(NCCc1ccc(S(C)(=O)=O)cc1)N1CCN(C/C=C/c2ccccc2)CC1.I. The van der Waals surface area contributed by atoms with Crippen molar-refractivity contribution in [1.29, 1.82) is 0 Å². The van der Waals surface area contributed by atoms with Crippen LogP contribution in [0.2, 0.25) is 0 Å². The summed E-state index contributed by atoms with van der Waals surface area (Å²) < 4.78 is 23.1.